The standard InChI is InChI=1S/C18H21F2N3O2/c19-14-5-6-17(16(20)11-14)25-10-2-4-18(24)22-8-1-3-15(12-22)23-9-7-21-13-23/h5-7,9,11,13,15H,1-4,8,10,12H2/t15-/m0/s1. The molecule has 0 bridgehead atoms. The van der Waals surface area contributed by atoms with Gasteiger partial charge < -0.3 is 14.2 Å². The van der Waals surface area contributed by atoms with Crippen LogP contribution in [-0.4, -0.2) is 40.1 Å². The fraction of sp³-hybridized carbons (Fsp3) is 0.444. The number of hydrogen-bond acceptors (Lipinski definition) is 3. The smallest absolute Gasteiger partial charge is 0.222 e. The van der Waals surface area contributed by atoms with Gasteiger partial charge in [0.15, 0.2) is 11.6 Å². The molecule has 0 N–H and O–H groups in total. The average Bonchev–Trinajstić information content (AvgIpc) is 3.15. The van der Waals surface area contributed by atoms with Gasteiger partial charge >= 0.3 is 0 Å². The van der Waals surface area contributed by atoms with Crippen LogP contribution in [0.15, 0.2) is 36.9 Å². The Kier molecular flexibility index (Phi) is 5.63. The zero-order chi connectivity index (χ0) is 17.6. The molecule has 1 aliphatic heterocycles. The largest absolute Gasteiger partial charge is 0.491 e. The van der Waals surface area contributed by atoms with E-state index >= 15 is 0 Å². The highest BCUT2D eigenvalue weighted by atomic mass is 19.1. The Morgan fingerprint density at radius 1 is 1.36 bits per heavy atom. The van der Waals surface area contributed by atoms with Crippen molar-refractivity contribution in [3.8, 4) is 5.75 Å². The molecule has 1 aliphatic rings. The average molecular weight is 349 g/mol. The highest BCUT2D eigenvalue weighted by Gasteiger charge is 2.24. The van der Waals surface area contributed by atoms with Gasteiger partial charge in [-0.1, -0.05) is 0 Å². The molecule has 25 heavy (non-hydrogen) atoms. The Hall–Kier alpha value is -2.44. The number of hydrogen-bond donors (Lipinski definition) is 0. The number of imidazole rings is 1. The summed E-state index contributed by atoms with van der Waals surface area (Å²) in [5.41, 5.74) is 0. The van der Waals surface area contributed by atoms with Gasteiger partial charge in [-0.15, -0.1) is 0 Å². The molecular weight excluding hydrogens is 328 g/mol. The van der Waals surface area contributed by atoms with E-state index in [4.69, 9.17) is 4.74 Å². The molecule has 5 nitrogen and oxygen atoms in total. The Bertz CT molecular complexity index is 706. The van der Waals surface area contributed by atoms with Crippen LogP contribution < -0.4 is 4.74 Å². The quantitative estimate of drug-likeness (QED) is 0.753. The Balaban J connectivity index is 1.43. The van der Waals surface area contributed by atoms with Crippen molar-refractivity contribution in [3.63, 3.8) is 0 Å². The first kappa shape index (κ1) is 17.4. The first-order chi connectivity index (χ1) is 12.1. The highest BCUT2D eigenvalue weighted by molar-refractivity contribution is 5.76. The molecule has 0 radical (unpaired) electrons. The Morgan fingerprint density at radius 2 is 2.24 bits per heavy atom. The third-order valence-corrected chi connectivity index (χ3v) is 4.38. The SMILES string of the molecule is O=C(CCCOc1ccc(F)cc1F)N1CCC[C@H](n2ccnc2)C1. The van der Waals surface area contributed by atoms with E-state index in [2.05, 4.69) is 4.98 Å². The molecule has 1 amide bonds. The molecule has 1 fully saturated rings. The zero-order valence-electron chi connectivity index (χ0n) is 13.9. The van der Waals surface area contributed by atoms with E-state index in [-0.39, 0.29) is 24.3 Å². The molecule has 1 aromatic carbocycles. The molecule has 0 saturated carbocycles. The number of aromatic nitrogens is 2. The minimum Gasteiger partial charge on any atom is -0.491 e. The molecule has 0 unspecified atom stereocenters. The second-order valence-corrected chi connectivity index (χ2v) is 6.17. The first-order valence-electron chi connectivity index (χ1n) is 8.46. The third kappa shape index (κ3) is 4.55. The Morgan fingerprint density at radius 3 is 3.00 bits per heavy atom. The number of ether oxygens (including phenoxy) is 1. The number of halogens is 2. The molecule has 1 saturated heterocycles. The summed E-state index contributed by atoms with van der Waals surface area (Å²) in [5, 5.41) is 0. The maximum Gasteiger partial charge on any atom is 0.222 e. The molecule has 0 spiro atoms. The van der Waals surface area contributed by atoms with Gasteiger partial charge in [-0.25, -0.2) is 13.8 Å². The number of piperidine rings is 1. The lowest BCUT2D eigenvalue weighted by molar-refractivity contribution is -0.133. The predicted octanol–water partition coefficient (Wildman–Crippen LogP) is 3.18. The van der Waals surface area contributed by atoms with Crippen LogP contribution in [0.3, 0.4) is 0 Å². The van der Waals surface area contributed by atoms with Crippen LogP contribution >= 0.6 is 0 Å². The highest BCUT2D eigenvalue weighted by Crippen LogP contribution is 2.22. The van der Waals surface area contributed by atoms with E-state index in [0.29, 0.717) is 19.4 Å². The topological polar surface area (TPSA) is 47.4 Å². The third-order valence-electron chi connectivity index (χ3n) is 4.38. The van der Waals surface area contributed by atoms with Crippen molar-refractivity contribution >= 4 is 5.91 Å². The second-order valence-electron chi connectivity index (χ2n) is 6.17. The maximum atomic E-state index is 13.5. The minimum absolute atomic E-state index is 0.00648. The van der Waals surface area contributed by atoms with Crippen LogP contribution in [-0.2, 0) is 4.79 Å². The van der Waals surface area contributed by atoms with Gasteiger partial charge in [0, 0.05) is 38.0 Å². The van der Waals surface area contributed by atoms with Crippen LogP contribution in [0.1, 0.15) is 31.7 Å². The van der Waals surface area contributed by atoms with Crippen molar-refractivity contribution in [2.75, 3.05) is 19.7 Å². The van der Waals surface area contributed by atoms with Gasteiger partial charge in [-0.3, -0.25) is 4.79 Å². The number of rotatable bonds is 6. The Labute approximate surface area is 145 Å². The minimum atomic E-state index is -0.731. The van der Waals surface area contributed by atoms with Crippen LogP contribution in [0.25, 0.3) is 0 Å². The molecule has 1 aromatic heterocycles. The fourth-order valence-electron chi connectivity index (χ4n) is 3.07. The van der Waals surface area contributed by atoms with E-state index in [1.165, 1.54) is 6.07 Å². The zero-order valence-corrected chi connectivity index (χ0v) is 13.9. The maximum absolute atomic E-state index is 13.5. The molecule has 1 atom stereocenters. The summed E-state index contributed by atoms with van der Waals surface area (Å²) in [7, 11) is 0. The predicted molar refractivity (Wildman–Crippen MR) is 88.2 cm³/mol. The van der Waals surface area contributed by atoms with Gasteiger partial charge in [0.05, 0.1) is 19.0 Å². The summed E-state index contributed by atoms with van der Waals surface area (Å²) >= 11 is 0. The number of carbonyl (C=O) groups is 1. The van der Waals surface area contributed by atoms with Crippen molar-refractivity contribution < 1.29 is 18.3 Å². The van der Waals surface area contributed by atoms with Crippen LogP contribution in [0.5, 0.6) is 5.75 Å². The van der Waals surface area contributed by atoms with E-state index in [0.717, 1.165) is 31.5 Å². The summed E-state index contributed by atoms with van der Waals surface area (Å²) in [6.45, 7) is 1.66. The molecule has 0 aliphatic carbocycles. The van der Waals surface area contributed by atoms with E-state index in [1.54, 1.807) is 12.5 Å². The van der Waals surface area contributed by atoms with Gasteiger partial charge in [0.25, 0.3) is 0 Å². The lowest BCUT2D eigenvalue weighted by Gasteiger charge is -2.33. The summed E-state index contributed by atoms with van der Waals surface area (Å²) < 4.78 is 33.6. The summed E-state index contributed by atoms with van der Waals surface area (Å²) in [6.07, 6.45) is 8.28. The summed E-state index contributed by atoms with van der Waals surface area (Å²) in [6, 6.07) is 3.45. The van der Waals surface area contributed by atoms with Crippen LogP contribution in [0, 0.1) is 11.6 Å². The normalized spacial score (nSPS) is 17.5. The number of amides is 1. The van der Waals surface area contributed by atoms with E-state index in [9.17, 15) is 13.6 Å². The molecular formula is C18H21F2N3O2. The molecule has 2 heterocycles. The van der Waals surface area contributed by atoms with Gasteiger partial charge in [-0.2, -0.15) is 0 Å². The fourth-order valence-corrected chi connectivity index (χ4v) is 3.07. The molecule has 2 aromatic rings. The number of carbonyl (C=O) groups excluding carboxylic acids is 1. The van der Waals surface area contributed by atoms with E-state index in [1.807, 2.05) is 15.7 Å². The van der Waals surface area contributed by atoms with Crippen molar-refractivity contribution in [2.45, 2.75) is 31.7 Å². The number of likely N-dealkylation sites (tertiary alicyclic amines) is 1. The number of benzene rings is 1. The van der Waals surface area contributed by atoms with Crippen LogP contribution in [0.2, 0.25) is 0 Å². The van der Waals surface area contributed by atoms with Crippen molar-refractivity contribution in [1.29, 1.82) is 0 Å². The lowest BCUT2D eigenvalue weighted by atomic mass is 10.0. The first-order valence-corrected chi connectivity index (χ1v) is 8.46. The lowest BCUT2D eigenvalue weighted by Crippen LogP contribution is -2.40. The molecule has 7 heteroatoms. The van der Waals surface area contributed by atoms with Crippen molar-refractivity contribution in [2.24, 2.45) is 0 Å². The van der Waals surface area contributed by atoms with E-state index < -0.39 is 11.6 Å². The monoisotopic (exact) mass is 349 g/mol. The van der Waals surface area contributed by atoms with Gasteiger partial charge in [0.2, 0.25) is 5.91 Å². The second kappa shape index (κ2) is 8.09. The number of nitrogens with zero attached hydrogens (tertiary/aromatic N) is 3. The molecule has 134 valence electrons. The van der Waals surface area contributed by atoms with Crippen molar-refractivity contribution in [3.05, 3.63) is 48.6 Å². The van der Waals surface area contributed by atoms with Crippen molar-refractivity contribution in [1.82, 2.24) is 14.5 Å². The summed E-state index contributed by atoms with van der Waals surface area (Å²) in [5.74, 6) is -1.29. The summed E-state index contributed by atoms with van der Waals surface area (Å²) in [4.78, 5) is 18.3. The molecule has 3 rings (SSSR count). The van der Waals surface area contributed by atoms with Crippen LogP contribution in [0.4, 0.5) is 8.78 Å². The van der Waals surface area contributed by atoms with Gasteiger partial charge in [0.1, 0.15) is 5.82 Å². The van der Waals surface area contributed by atoms with Gasteiger partial charge in [-0.05, 0) is 31.4 Å².